The molecule has 5 nitrogen and oxygen atoms in total. The van der Waals surface area contributed by atoms with E-state index in [0.29, 0.717) is 16.5 Å². The number of hydrogen-bond donors (Lipinski definition) is 1. The zero-order chi connectivity index (χ0) is 23.0. The van der Waals surface area contributed by atoms with E-state index in [1.54, 1.807) is 11.0 Å². The largest absolute Gasteiger partial charge is 0.355 e. The number of nitrogens with zero attached hydrogens (tertiary/aromatic N) is 2. The van der Waals surface area contributed by atoms with Gasteiger partial charge in [-0.05, 0) is 74.8 Å². The second kappa shape index (κ2) is 11.7. The Bertz CT molecular complexity index is 1020. The highest BCUT2D eigenvalue weighted by Gasteiger charge is 2.30. The van der Waals surface area contributed by atoms with Crippen molar-refractivity contribution in [2.45, 2.75) is 37.0 Å². The zero-order valence-electron chi connectivity index (χ0n) is 18.8. The summed E-state index contributed by atoms with van der Waals surface area (Å²) < 4.78 is 0. The highest BCUT2D eigenvalue weighted by Crippen LogP contribution is 2.41. The average Bonchev–Trinajstić information content (AvgIpc) is 3.08. The minimum absolute atomic E-state index is 0.00695. The molecule has 0 aliphatic carbocycles. The van der Waals surface area contributed by atoms with E-state index in [4.69, 9.17) is 11.6 Å². The van der Waals surface area contributed by atoms with Crippen LogP contribution in [-0.4, -0.2) is 49.4 Å². The van der Waals surface area contributed by atoms with Gasteiger partial charge in [-0.3, -0.25) is 14.5 Å². The Balaban J connectivity index is 1.39. The lowest BCUT2D eigenvalue weighted by molar-refractivity contribution is -0.122. The summed E-state index contributed by atoms with van der Waals surface area (Å²) in [6.07, 6.45) is 7.94. The molecule has 0 radical (unpaired) electrons. The maximum atomic E-state index is 13.3. The maximum absolute atomic E-state index is 13.3. The Morgan fingerprint density at radius 1 is 1.06 bits per heavy atom. The van der Waals surface area contributed by atoms with Gasteiger partial charge < -0.3 is 10.2 Å². The minimum atomic E-state index is -0.168. The molecule has 0 spiro atoms. The number of halogens is 1. The molecule has 0 atom stereocenters. The fraction of sp³-hybridized carbons (Fsp3) is 0.385. The number of benzene rings is 2. The van der Waals surface area contributed by atoms with Crippen molar-refractivity contribution in [2.24, 2.45) is 0 Å². The van der Waals surface area contributed by atoms with Crippen molar-refractivity contribution in [1.82, 2.24) is 10.2 Å². The third kappa shape index (κ3) is 6.62. The lowest BCUT2D eigenvalue weighted by atomic mass is 10.2. The summed E-state index contributed by atoms with van der Waals surface area (Å²) in [5.74, 6) is -0.304. The molecule has 2 aliphatic heterocycles. The molecule has 4 rings (SSSR count). The average molecular weight is 484 g/mol. The van der Waals surface area contributed by atoms with Crippen molar-refractivity contribution in [2.75, 3.05) is 37.6 Å². The highest BCUT2D eigenvalue weighted by atomic mass is 35.5. The summed E-state index contributed by atoms with van der Waals surface area (Å²) in [5.41, 5.74) is 1.63. The van der Waals surface area contributed by atoms with Crippen molar-refractivity contribution in [1.29, 1.82) is 0 Å². The Hall–Kier alpha value is -2.28. The molecule has 1 fully saturated rings. The second-order valence-corrected chi connectivity index (χ2v) is 10.0. The fourth-order valence-corrected chi connectivity index (χ4v) is 5.51. The first-order chi connectivity index (χ1) is 16.1. The third-order valence-electron chi connectivity index (χ3n) is 5.95. The van der Waals surface area contributed by atoms with Crippen LogP contribution in [-0.2, 0) is 9.59 Å². The van der Waals surface area contributed by atoms with Crippen molar-refractivity contribution < 1.29 is 9.59 Å². The summed E-state index contributed by atoms with van der Waals surface area (Å²) in [6, 6.07) is 15.1. The van der Waals surface area contributed by atoms with Gasteiger partial charge in [0.05, 0.1) is 10.6 Å². The number of fused-ring (bicyclic) bond motifs is 1. The number of carbonyl (C=O) groups excluding carboxylic acids is 2. The number of carbonyl (C=O) groups is 2. The normalized spacial score (nSPS) is 18.2. The molecular formula is C26H30ClN3O2S. The standard InChI is InChI=1S/C26H30ClN3O2S/c27-21-10-7-9-20(17-21)18-24-26(32)30(22-11-3-4-12-23(22)33-24)19-25(31)28-13-8-16-29-14-5-1-2-6-15-29/h3-4,7,9-12,17-18H,1-2,5-6,8,13-16,19H2,(H,28,31). The number of rotatable bonds is 7. The van der Waals surface area contributed by atoms with Gasteiger partial charge in [0, 0.05) is 16.5 Å². The molecule has 0 saturated carbocycles. The van der Waals surface area contributed by atoms with Crippen molar-refractivity contribution in [3.63, 3.8) is 0 Å². The Morgan fingerprint density at radius 2 is 1.85 bits per heavy atom. The minimum Gasteiger partial charge on any atom is -0.355 e. The molecule has 33 heavy (non-hydrogen) atoms. The molecule has 2 amide bonds. The number of anilines is 1. The first-order valence-corrected chi connectivity index (χ1v) is 12.8. The van der Waals surface area contributed by atoms with Gasteiger partial charge in [0.1, 0.15) is 6.54 Å². The van der Waals surface area contributed by atoms with E-state index < -0.39 is 0 Å². The Morgan fingerprint density at radius 3 is 2.64 bits per heavy atom. The number of amides is 2. The fourth-order valence-electron chi connectivity index (χ4n) is 4.26. The van der Waals surface area contributed by atoms with Crippen LogP contribution in [0.4, 0.5) is 5.69 Å². The van der Waals surface area contributed by atoms with E-state index in [-0.39, 0.29) is 18.4 Å². The summed E-state index contributed by atoms with van der Waals surface area (Å²) >= 11 is 7.53. The van der Waals surface area contributed by atoms with E-state index in [1.165, 1.54) is 37.4 Å². The molecular weight excluding hydrogens is 454 g/mol. The predicted molar refractivity (Wildman–Crippen MR) is 137 cm³/mol. The van der Waals surface area contributed by atoms with E-state index >= 15 is 0 Å². The van der Waals surface area contributed by atoms with Gasteiger partial charge in [-0.25, -0.2) is 0 Å². The van der Waals surface area contributed by atoms with Crippen LogP contribution in [0.25, 0.3) is 6.08 Å². The smallest absolute Gasteiger partial charge is 0.265 e. The molecule has 2 aliphatic rings. The van der Waals surface area contributed by atoms with Gasteiger partial charge in [0.2, 0.25) is 5.91 Å². The van der Waals surface area contributed by atoms with Crippen molar-refractivity contribution >= 4 is 46.9 Å². The van der Waals surface area contributed by atoms with Crippen molar-refractivity contribution in [3.05, 3.63) is 64.0 Å². The van der Waals surface area contributed by atoms with Crippen LogP contribution in [0, 0.1) is 0 Å². The van der Waals surface area contributed by atoms with Gasteiger partial charge in [0.15, 0.2) is 0 Å². The van der Waals surface area contributed by atoms with E-state index in [2.05, 4.69) is 10.2 Å². The first kappa shape index (κ1) is 23.9. The number of nitrogens with one attached hydrogen (secondary N) is 1. The van der Waals surface area contributed by atoms with Gasteiger partial charge in [-0.2, -0.15) is 0 Å². The number of para-hydroxylation sites is 1. The molecule has 2 aromatic rings. The molecule has 0 unspecified atom stereocenters. The lowest BCUT2D eigenvalue weighted by Gasteiger charge is -2.30. The lowest BCUT2D eigenvalue weighted by Crippen LogP contribution is -2.43. The maximum Gasteiger partial charge on any atom is 0.265 e. The van der Waals surface area contributed by atoms with E-state index in [1.807, 2.05) is 48.5 Å². The Kier molecular flexibility index (Phi) is 8.48. The third-order valence-corrected chi connectivity index (χ3v) is 7.26. The van der Waals surface area contributed by atoms with Gasteiger partial charge in [0.25, 0.3) is 5.91 Å². The molecule has 174 valence electrons. The van der Waals surface area contributed by atoms with E-state index in [0.717, 1.165) is 42.2 Å². The second-order valence-electron chi connectivity index (χ2n) is 8.48. The molecule has 2 aromatic carbocycles. The van der Waals surface area contributed by atoms with Crippen LogP contribution in [0.15, 0.2) is 58.3 Å². The summed E-state index contributed by atoms with van der Waals surface area (Å²) in [7, 11) is 0. The van der Waals surface area contributed by atoms with E-state index in [9.17, 15) is 9.59 Å². The van der Waals surface area contributed by atoms with Crippen LogP contribution in [0.3, 0.4) is 0 Å². The topological polar surface area (TPSA) is 52.7 Å². The van der Waals surface area contributed by atoms with Crippen LogP contribution in [0.5, 0.6) is 0 Å². The number of likely N-dealkylation sites (tertiary alicyclic amines) is 1. The molecule has 1 saturated heterocycles. The quantitative estimate of drug-likeness (QED) is 0.434. The van der Waals surface area contributed by atoms with Crippen LogP contribution < -0.4 is 10.2 Å². The summed E-state index contributed by atoms with van der Waals surface area (Å²) in [4.78, 5) is 31.6. The predicted octanol–water partition coefficient (Wildman–Crippen LogP) is 5.20. The molecule has 7 heteroatoms. The molecule has 0 bridgehead atoms. The van der Waals surface area contributed by atoms with Gasteiger partial charge in [-0.15, -0.1) is 0 Å². The number of hydrogen-bond acceptors (Lipinski definition) is 4. The highest BCUT2D eigenvalue weighted by molar-refractivity contribution is 8.04. The van der Waals surface area contributed by atoms with Crippen LogP contribution in [0.2, 0.25) is 5.02 Å². The van der Waals surface area contributed by atoms with Crippen LogP contribution in [0.1, 0.15) is 37.7 Å². The summed E-state index contributed by atoms with van der Waals surface area (Å²) in [6.45, 7) is 3.96. The Labute approximate surface area is 205 Å². The van der Waals surface area contributed by atoms with Crippen LogP contribution >= 0.6 is 23.4 Å². The molecule has 2 heterocycles. The molecule has 0 aromatic heterocycles. The molecule has 1 N–H and O–H groups in total. The van der Waals surface area contributed by atoms with Gasteiger partial charge in [-0.1, -0.05) is 60.5 Å². The zero-order valence-corrected chi connectivity index (χ0v) is 20.3. The number of thioether (sulfide) groups is 1. The first-order valence-electron chi connectivity index (χ1n) is 11.7. The van der Waals surface area contributed by atoms with Crippen molar-refractivity contribution in [3.8, 4) is 0 Å². The monoisotopic (exact) mass is 483 g/mol. The SMILES string of the molecule is O=C(CN1C(=O)C(=Cc2cccc(Cl)c2)Sc2ccccc21)NCCCN1CCCCCC1. The summed E-state index contributed by atoms with van der Waals surface area (Å²) in [5, 5.41) is 3.63. The van der Waals surface area contributed by atoms with Gasteiger partial charge >= 0.3 is 0 Å².